The Balaban J connectivity index is 1.88. The highest BCUT2D eigenvalue weighted by Gasteiger charge is 2.34. The minimum Gasteiger partial charge on any atom is -0.490 e. The van der Waals surface area contributed by atoms with Crippen LogP contribution in [-0.2, 0) is 11.4 Å². The number of hydrogen-bond donors (Lipinski definition) is 0. The molecular weight excluding hydrogens is 436 g/mol. The minimum absolute atomic E-state index is 0.152. The minimum atomic E-state index is -0.306. The SMILES string of the molecule is CCCN1C(=O)S/C(=C\c2cc(Cl)c(OCc3ccccc3C#N)c(OCC)c2)C1=O. The van der Waals surface area contributed by atoms with Crippen molar-refractivity contribution in [3.8, 4) is 17.6 Å². The summed E-state index contributed by atoms with van der Waals surface area (Å²) in [7, 11) is 0. The van der Waals surface area contributed by atoms with Gasteiger partial charge in [-0.1, -0.05) is 36.7 Å². The maximum atomic E-state index is 12.5. The summed E-state index contributed by atoms with van der Waals surface area (Å²) in [4.78, 5) is 26.1. The highest BCUT2D eigenvalue weighted by molar-refractivity contribution is 8.18. The number of benzene rings is 2. The quantitative estimate of drug-likeness (QED) is 0.478. The van der Waals surface area contributed by atoms with E-state index in [-0.39, 0.29) is 17.8 Å². The lowest BCUT2D eigenvalue weighted by Crippen LogP contribution is -2.28. The molecule has 0 aliphatic carbocycles. The average molecular weight is 457 g/mol. The fraction of sp³-hybridized carbons (Fsp3) is 0.261. The molecule has 0 bridgehead atoms. The maximum absolute atomic E-state index is 12.5. The third-order valence-electron chi connectivity index (χ3n) is 4.46. The Kier molecular flexibility index (Phi) is 7.61. The summed E-state index contributed by atoms with van der Waals surface area (Å²) in [6.45, 7) is 4.68. The number of nitrogens with zero attached hydrogens (tertiary/aromatic N) is 2. The molecule has 160 valence electrons. The topological polar surface area (TPSA) is 79.6 Å². The van der Waals surface area contributed by atoms with Crippen molar-refractivity contribution in [3.63, 3.8) is 0 Å². The van der Waals surface area contributed by atoms with E-state index in [2.05, 4.69) is 6.07 Å². The smallest absolute Gasteiger partial charge is 0.293 e. The van der Waals surface area contributed by atoms with Crippen LogP contribution in [0.3, 0.4) is 0 Å². The van der Waals surface area contributed by atoms with E-state index in [4.69, 9.17) is 21.1 Å². The molecule has 0 spiro atoms. The summed E-state index contributed by atoms with van der Waals surface area (Å²) in [6.07, 6.45) is 2.33. The van der Waals surface area contributed by atoms with Crippen molar-refractivity contribution >= 4 is 40.6 Å². The molecule has 1 fully saturated rings. The number of ether oxygens (including phenoxy) is 2. The molecule has 6 nitrogen and oxygen atoms in total. The van der Waals surface area contributed by atoms with Gasteiger partial charge in [0.1, 0.15) is 6.61 Å². The first-order chi connectivity index (χ1) is 15.0. The first-order valence-electron chi connectivity index (χ1n) is 9.81. The van der Waals surface area contributed by atoms with Gasteiger partial charge in [-0.25, -0.2) is 0 Å². The van der Waals surface area contributed by atoms with Crippen LogP contribution in [0, 0.1) is 11.3 Å². The van der Waals surface area contributed by atoms with Gasteiger partial charge in [-0.15, -0.1) is 0 Å². The number of imide groups is 1. The summed E-state index contributed by atoms with van der Waals surface area (Å²) in [5.74, 6) is 0.468. The van der Waals surface area contributed by atoms with E-state index in [0.29, 0.717) is 52.1 Å². The Hall–Kier alpha value is -2.95. The molecule has 1 aliphatic rings. The van der Waals surface area contributed by atoms with Gasteiger partial charge in [0, 0.05) is 12.1 Å². The van der Waals surface area contributed by atoms with Crippen LogP contribution in [0.25, 0.3) is 6.08 Å². The van der Waals surface area contributed by atoms with Crippen LogP contribution in [0.15, 0.2) is 41.3 Å². The van der Waals surface area contributed by atoms with Gasteiger partial charge in [-0.05, 0) is 54.9 Å². The van der Waals surface area contributed by atoms with E-state index < -0.39 is 0 Å². The van der Waals surface area contributed by atoms with Crippen LogP contribution in [0.1, 0.15) is 37.0 Å². The molecule has 0 radical (unpaired) electrons. The number of nitriles is 1. The van der Waals surface area contributed by atoms with Gasteiger partial charge in [0.05, 0.1) is 28.2 Å². The molecule has 8 heteroatoms. The van der Waals surface area contributed by atoms with Crippen molar-refractivity contribution in [2.75, 3.05) is 13.2 Å². The number of halogens is 1. The molecule has 0 atom stereocenters. The Bertz CT molecular complexity index is 1080. The highest BCUT2D eigenvalue weighted by Crippen LogP contribution is 2.39. The van der Waals surface area contributed by atoms with E-state index in [1.807, 2.05) is 26.0 Å². The zero-order valence-electron chi connectivity index (χ0n) is 17.2. The predicted molar refractivity (Wildman–Crippen MR) is 121 cm³/mol. The van der Waals surface area contributed by atoms with E-state index in [0.717, 1.165) is 17.3 Å². The van der Waals surface area contributed by atoms with Crippen LogP contribution in [0.5, 0.6) is 11.5 Å². The van der Waals surface area contributed by atoms with Gasteiger partial charge in [-0.3, -0.25) is 14.5 Å². The summed E-state index contributed by atoms with van der Waals surface area (Å²) in [6, 6.07) is 12.7. The van der Waals surface area contributed by atoms with Crippen molar-refractivity contribution in [2.45, 2.75) is 26.9 Å². The van der Waals surface area contributed by atoms with Crippen LogP contribution in [0.4, 0.5) is 4.79 Å². The zero-order valence-corrected chi connectivity index (χ0v) is 18.8. The molecular formula is C23H21ClN2O4S. The second kappa shape index (κ2) is 10.4. The fourth-order valence-corrected chi connectivity index (χ4v) is 4.19. The molecule has 0 unspecified atom stereocenters. The molecule has 2 aromatic rings. The number of carbonyl (C=O) groups is 2. The van der Waals surface area contributed by atoms with E-state index >= 15 is 0 Å². The maximum Gasteiger partial charge on any atom is 0.293 e. The summed E-state index contributed by atoms with van der Waals surface area (Å²) >= 11 is 7.38. The second-order valence-corrected chi connectivity index (χ2v) is 8.05. The lowest BCUT2D eigenvalue weighted by molar-refractivity contribution is -0.122. The third kappa shape index (κ3) is 5.22. The Morgan fingerprint density at radius 3 is 2.68 bits per heavy atom. The molecule has 0 saturated carbocycles. The van der Waals surface area contributed by atoms with Gasteiger partial charge in [0.2, 0.25) is 0 Å². The molecule has 0 N–H and O–H groups in total. The van der Waals surface area contributed by atoms with Crippen LogP contribution in [-0.4, -0.2) is 29.2 Å². The van der Waals surface area contributed by atoms with Crippen molar-refractivity contribution in [2.24, 2.45) is 0 Å². The van der Waals surface area contributed by atoms with Crippen molar-refractivity contribution in [3.05, 3.63) is 63.0 Å². The van der Waals surface area contributed by atoms with Gasteiger partial charge in [-0.2, -0.15) is 5.26 Å². The first-order valence-corrected chi connectivity index (χ1v) is 11.0. The number of thioether (sulfide) groups is 1. The predicted octanol–water partition coefficient (Wildman–Crippen LogP) is 5.64. The molecule has 2 aromatic carbocycles. The second-order valence-electron chi connectivity index (χ2n) is 6.65. The number of amides is 2. The Morgan fingerprint density at radius 2 is 1.97 bits per heavy atom. The standard InChI is InChI=1S/C23H21ClN2O4S/c1-3-9-26-22(27)20(31-23(26)28)12-15-10-18(24)21(19(11-15)29-4-2)30-14-17-8-6-5-7-16(17)13-25/h5-8,10-12H,3-4,9,14H2,1-2H3/b20-12-. The van der Waals surface area contributed by atoms with Gasteiger partial charge < -0.3 is 9.47 Å². The normalized spacial score (nSPS) is 14.8. The molecule has 0 aromatic heterocycles. The molecule has 1 saturated heterocycles. The van der Waals surface area contributed by atoms with Crippen molar-refractivity contribution in [1.29, 1.82) is 5.26 Å². The summed E-state index contributed by atoms with van der Waals surface area (Å²) in [5.41, 5.74) is 1.88. The molecule has 1 aliphatic heterocycles. The van der Waals surface area contributed by atoms with E-state index in [1.54, 1.807) is 30.3 Å². The van der Waals surface area contributed by atoms with Gasteiger partial charge >= 0.3 is 0 Å². The van der Waals surface area contributed by atoms with Crippen molar-refractivity contribution < 1.29 is 19.1 Å². The third-order valence-corrected chi connectivity index (χ3v) is 5.65. The molecule has 2 amide bonds. The van der Waals surface area contributed by atoms with E-state index in [1.165, 1.54) is 4.90 Å². The Morgan fingerprint density at radius 1 is 1.19 bits per heavy atom. The Labute approximate surface area is 190 Å². The lowest BCUT2D eigenvalue weighted by Gasteiger charge is -2.15. The lowest BCUT2D eigenvalue weighted by atomic mass is 10.1. The van der Waals surface area contributed by atoms with Gasteiger partial charge in [0.25, 0.3) is 11.1 Å². The number of carbonyl (C=O) groups excluding carboxylic acids is 2. The largest absolute Gasteiger partial charge is 0.490 e. The number of hydrogen-bond acceptors (Lipinski definition) is 6. The van der Waals surface area contributed by atoms with Crippen LogP contribution in [0.2, 0.25) is 5.02 Å². The fourth-order valence-electron chi connectivity index (χ4n) is 3.05. The molecule has 31 heavy (non-hydrogen) atoms. The molecule has 1 heterocycles. The average Bonchev–Trinajstić information content (AvgIpc) is 3.01. The molecule has 3 rings (SSSR count). The zero-order chi connectivity index (χ0) is 22.4. The van der Waals surface area contributed by atoms with Crippen LogP contribution >= 0.6 is 23.4 Å². The summed E-state index contributed by atoms with van der Waals surface area (Å²) < 4.78 is 11.6. The van der Waals surface area contributed by atoms with Crippen LogP contribution < -0.4 is 9.47 Å². The van der Waals surface area contributed by atoms with Crippen molar-refractivity contribution in [1.82, 2.24) is 4.90 Å². The van der Waals surface area contributed by atoms with E-state index in [9.17, 15) is 14.9 Å². The van der Waals surface area contributed by atoms with Gasteiger partial charge in [0.15, 0.2) is 11.5 Å². The monoisotopic (exact) mass is 456 g/mol. The summed E-state index contributed by atoms with van der Waals surface area (Å²) in [5, 5.41) is 9.29. The first kappa shape index (κ1) is 22.7. The number of rotatable bonds is 8. The highest BCUT2D eigenvalue weighted by atomic mass is 35.5.